The van der Waals surface area contributed by atoms with Crippen molar-refractivity contribution < 1.29 is 19.4 Å². The molecule has 0 aromatic carbocycles. The van der Waals surface area contributed by atoms with Crippen molar-refractivity contribution in [3.63, 3.8) is 0 Å². The zero-order chi connectivity index (χ0) is 15.2. The third-order valence-electron chi connectivity index (χ3n) is 2.44. The van der Waals surface area contributed by atoms with E-state index in [-0.39, 0.29) is 5.56 Å². The van der Waals surface area contributed by atoms with Crippen molar-refractivity contribution in [3.05, 3.63) is 47.8 Å². The van der Waals surface area contributed by atoms with E-state index in [1.807, 2.05) is 0 Å². The Morgan fingerprint density at radius 1 is 1.19 bits per heavy atom. The number of rotatable bonds is 5. The summed E-state index contributed by atoms with van der Waals surface area (Å²) in [5.41, 5.74) is 0.532. The van der Waals surface area contributed by atoms with Crippen LogP contribution in [0.4, 0.5) is 0 Å². The number of aromatic nitrogens is 2. The van der Waals surface area contributed by atoms with Crippen LogP contribution in [-0.4, -0.2) is 33.6 Å². The quantitative estimate of drug-likeness (QED) is 0.849. The zero-order valence-corrected chi connectivity index (χ0v) is 12.0. The second kappa shape index (κ2) is 6.85. The van der Waals surface area contributed by atoms with Crippen LogP contribution >= 0.6 is 11.8 Å². The number of hydrogen-bond donors (Lipinski definition) is 1. The van der Waals surface area contributed by atoms with E-state index in [2.05, 4.69) is 9.97 Å². The molecule has 0 unspecified atom stereocenters. The number of nitrogens with zero attached hydrogens (tertiary/aromatic N) is 2. The van der Waals surface area contributed by atoms with E-state index in [1.165, 1.54) is 36.3 Å². The molecule has 0 amide bonds. The van der Waals surface area contributed by atoms with Crippen molar-refractivity contribution in [3.8, 4) is 0 Å². The summed E-state index contributed by atoms with van der Waals surface area (Å²) in [6, 6.07) is 6.15. The Morgan fingerprint density at radius 2 is 2.00 bits per heavy atom. The molecule has 0 atom stereocenters. The molecule has 0 radical (unpaired) electrons. The number of carbonyl (C=O) groups is 2. The Morgan fingerprint density at radius 3 is 2.62 bits per heavy atom. The van der Waals surface area contributed by atoms with E-state index in [4.69, 9.17) is 9.84 Å². The normalized spacial score (nSPS) is 10.1. The molecule has 0 fully saturated rings. The summed E-state index contributed by atoms with van der Waals surface area (Å²) in [5.74, 6) is -1.43. The summed E-state index contributed by atoms with van der Waals surface area (Å²) >= 11 is 1.22. The average Bonchev–Trinajstić information content (AvgIpc) is 2.48. The first-order chi connectivity index (χ1) is 10.1. The highest BCUT2D eigenvalue weighted by Crippen LogP contribution is 2.24. The average molecular weight is 304 g/mol. The van der Waals surface area contributed by atoms with Crippen LogP contribution in [-0.2, 0) is 4.74 Å². The lowest BCUT2D eigenvalue weighted by Gasteiger charge is -2.03. The number of carbonyl (C=O) groups excluding carboxylic acids is 1. The first-order valence-corrected chi connectivity index (χ1v) is 6.92. The maximum Gasteiger partial charge on any atom is 0.339 e. The second-order valence-electron chi connectivity index (χ2n) is 3.90. The molecule has 2 aromatic rings. The number of hydrogen-bond acceptors (Lipinski definition) is 6. The Balaban J connectivity index is 2.11. The van der Waals surface area contributed by atoms with Crippen LogP contribution in [0.5, 0.6) is 0 Å². The summed E-state index contributed by atoms with van der Waals surface area (Å²) in [5, 5.41) is 10.0. The summed E-state index contributed by atoms with van der Waals surface area (Å²) in [7, 11) is 0. The Labute approximate surface area is 125 Å². The largest absolute Gasteiger partial charge is 0.478 e. The summed E-state index contributed by atoms with van der Waals surface area (Å²) < 4.78 is 4.86. The summed E-state index contributed by atoms with van der Waals surface area (Å²) in [4.78, 5) is 30.6. The highest BCUT2D eigenvalue weighted by molar-refractivity contribution is 7.99. The number of pyridine rings is 2. The van der Waals surface area contributed by atoms with Gasteiger partial charge in [-0.25, -0.2) is 19.6 Å². The van der Waals surface area contributed by atoms with Gasteiger partial charge in [0.25, 0.3) is 0 Å². The number of aromatic carboxylic acids is 1. The van der Waals surface area contributed by atoms with Gasteiger partial charge in [-0.3, -0.25) is 0 Å². The monoisotopic (exact) mass is 304 g/mol. The molecule has 2 aromatic heterocycles. The highest BCUT2D eigenvalue weighted by Gasteiger charge is 2.09. The molecule has 0 spiro atoms. The molecular formula is C14H12N2O4S. The Hall–Kier alpha value is -2.41. The second-order valence-corrected chi connectivity index (χ2v) is 4.94. The van der Waals surface area contributed by atoms with Gasteiger partial charge in [-0.05, 0) is 31.2 Å². The van der Waals surface area contributed by atoms with Gasteiger partial charge in [-0.2, -0.15) is 0 Å². The highest BCUT2D eigenvalue weighted by atomic mass is 32.2. The first-order valence-electron chi connectivity index (χ1n) is 6.10. The fourth-order valence-electron chi connectivity index (χ4n) is 1.48. The van der Waals surface area contributed by atoms with E-state index >= 15 is 0 Å². The molecule has 21 heavy (non-hydrogen) atoms. The SMILES string of the molecule is CCOC(=O)c1ccc(Sc2cc(C(=O)O)ccn2)nc1. The summed E-state index contributed by atoms with van der Waals surface area (Å²) in [6.45, 7) is 2.04. The standard InChI is InChI=1S/C14H12N2O4S/c1-2-20-14(19)10-3-4-11(16-8-10)21-12-7-9(13(17)18)5-6-15-12/h3-8H,2H2,1H3,(H,17,18). The van der Waals surface area contributed by atoms with Gasteiger partial charge in [0.05, 0.1) is 17.7 Å². The van der Waals surface area contributed by atoms with Gasteiger partial charge in [0, 0.05) is 12.4 Å². The van der Waals surface area contributed by atoms with Crippen LogP contribution in [0.25, 0.3) is 0 Å². The van der Waals surface area contributed by atoms with Gasteiger partial charge in [-0.15, -0.1) is 0 Å². The third kappa shape index (κ3) is 4.03. The minimum absolute atomic E-state index is 0.163. The van der Waals surface area contributed by atoms with Crippen LogP contribution < -0.4 is 0 Å². The van der Waals surface area contributed by atoms with E-state index in [0.717, 1.165) is 0 Å². The van der Waals surface area contributed by atoms with Crippen molar-refractivity contribution in [1.29, 1.82) is 0 Å². The molecule has 108 valence electrons. The van der Waals surface area contributed by atoms with Crippen molar-refractivity contribution in [1.82, 2.24) is 9.97 Å². The summed E-state index contributed by atoms with van der Waals surface area (Å²) in [6.07, 6.45) is 2.85. The fraction of sp³-hybridized carbons (Fsp3) is 0.143. The van der Waals surface area contributed by atoms with E-state index < -0.39 is 11.9 Å². The maximum absolute atomic E-state index is 11.5. The molecule has 0 saturated heterocycles. The number of esters is 1. The lowest BCUT2D eigenvalue weighted by molar-refractivity contribution is 0.0525. The van der Waals surface area contributed by atoms with Crippen molar-refractivity contribution in [2.45, 2.75) is 17.0 Å². The predicted molar refractivity (Wildman–Crippen MR) is 75.5 cm³/mol. The van der Waals surface area contributed by atoms with Gasteiger partial charge in [0.2, 0.25) is 0 Å². The molecule has 1 N–H and O–H groups in total. The lowest BCUT2D eigenvalue weighted by atomic mass is 10.3. The number of carboxylic acids is 1. The van der Waals surface area contributed by atoms with Crippen LogP contribution in [0.15, 0.2) is 46.7 Å². The minimum atomic E-state index is -1.01. The molecule has 0 aliphatic carbocycles. The van der Waals surface area contributed by atoms with Crippen molar-refractivity contribution in [2.24, 2.45) is 0 Å². The molecule has 2 heterocycles. The van der Waals surface area contributed by atoms with Gasteiger partial charge in [0.1, 0.15) is 10.1 Å². The van der Waals surface area contributed by atoms with Crippen LogP contribution in [0.2, 0.25) is 0 Å². The van der Waals surface area contributed by atoms with Gasteiger partial charge < -0.3 is 9.84 Å². The number of carboxylic acid groups (broad SMARTS) is 1. The molecular weight excluding hydrogens is 292 g/mol. The van der Waals surface area contributed by atoms with Gasteiger partial charge in [-0.1, -0.05) is 11.8 Å². The molecule has 6 nitrogen and oxygen atoms in total. The predicted octanol–water partition coefficient (Wildman–Crippen LogP) is 2.50. The van der Waals surface area contributed by atoms with Crippen LogP contribution in [0.3, 0.4) is 0 Å². The smallest absolute Gasteiger partial charge is 0.339 e. The molecule has 0 saturated carbocycles. The van der Waals surface area contributed by atoms with Gasteiger partial charge >= 0.3 is 11.9 Å². The number of ether oxygens (including phenoxy) is 1. The lowest BCUT2D eigenvalue weighted by Crippen LogP contribution is -2.04. The fourth-order valence-corrected chi connectivity index (χ4v) is 2.24. The van der Waals surface area contributed by atoms with Crippen LogP contribution in [0, 0.1) is 0 Å². The van der Waals surface area contributed by atoms with Crippen LogP contribution in [0.1, 0.15) is 27.6 Å². The molecule has 7 heteroatoms. The van der Waals surface area contributed by atoms with E-state index in [9.17, 15) is 9.59 Å². The maximum atomic E-state index is 11.5. The van der Waals surface area contributed by atoms with E-state index in [0.29, 0.717) is 22.2 Å². The molecule has 0 aliphatic rings. The Kier molecular flexibility index (Phi) is 4.89. The van der Waals surface area contributed by atoms with E-state index in [1.54, 1.807) is 19.1 Å². The topological polar surface area (TPSA) is 89.4 Å². The minimum Gasteiger partial charge on any atom is -0.478 e. The first kappa shape index (κ1) is 15.0. The van der Waals surface area contributed by atoms with Crippen molar-refractivity contribution >= 4 is 23.7 Å². The van der Waals surface area contributed by atoms with Gasteiger partial charge in [0.15, 0.2) is 0 Å². The van der Waals surface area contributed by atoms with Crippen molar-refractivity contribution in [2.75, 3.05) is 6.61 Å². The molecule has 2 rings (SSSR count). The Bertz CT molecular complexity index is 658. The molecule has 0 bridgehead atoms. The molecule has 0 aliphatic heterocycles. The third-order valence-corrected chi connectivity index (χ3v) is 3.32. The zero-order valence-electron chi connectivity index (χ0n) is 11.1.